The minimum atomic E-state index is 0.464. The molecule has 1 nitrogen and oxygen atoms in total. The van der Waals surface area contributed by atoms with Crippen molar-refractivity contribution in [3.63, 3.8) is 0 Å². The minimum Gasteiger partial charge on any atom is -0.313 e. The van der Waals surface area contributed by atoms with Crippen LogP contribution in [0.2, 0.25) is 5.02 Å². The summed E-state index contributed by atoms with van der Waals surface area (Å²) in [5, 5.41) is 4.71. The Hall–Kier alpha value is -0.0500. The van der Waals surface area contributed by atoms with Gasteiger partial charge in [-0.15, -0.1) is 0 Å². The molecule has 0 saturated heterocycles. The van der Waals surface area contributed by atoms with Crippen LogP contribution in [0.5, 0.6) is 0 Å². The fourth-order valence-corrected chi connectivity index (χ4v) is 4.51. The Kier molecular flexibility index (Phi) is 6.58. The Morgan fingerprint density at radius 3 is 2.57 bits per heavy atom. The van der Waals surface area contributed by atoms with E-state index >= 15 is 0 Å². The average Bonchev–Trinajstić information content (AvgIpc) is 2.95. The van der Waals surface area contributed by atoms with Crippen LogP contribution in [0, 0.1) is 5.41 Å². The minimum absolute atomic E-state index is 0.464. The fourth-order valence-electron chi connectivity index (χ4n) is 3.76. The third-order valence-electron chi connectivity index (χ3n) is 5.12. The Balaban J connectivity index is 2.19. The largest absolute Gasteiger partial charge is 0.313 e. The van der Waals surface area contributed by atoms with E-state index in [0.29, 0.717) is 11.5 Å². The average molecular weight is 373 g/mol. The molecule has 0 aliphatic heterocycles. The van der Waals surface area contributed by atoms with Gasteiger partial charge in [-0.25, -0.2) is 0 Å². The van der Waals surface area contributed by atoms with Crippen molar-refractivity contribution in [3.05, 3.63) is 33.3 Å². The Bertz CT molecular complexity index is 455. The first kappa shape index (κ1) is 17.3. The van der Waals surface area contributed by atoms with Crippen LogP contribution in [-0.2, 0) is 6.42 Å². The van der Waals surface area contributed by atoms with Gasteiger partial charge in [-0.2, -0.15) is 0 Å². The zero-order valence-electron chi connectivity index (χ0n) is 13.2. The van der Waals surface area contributed by atoms with Crippen molar-refractivity contribution >= 4 is 27.5 Å². The first-order valence-corrected chi connectivity index (χ1v) is 9.45. The molecule has 1 unspecified atom stereocenters. The summed E-state index contributed by atoms with van der Waals surface area (Å²) in [6.45, 7) is 5.69. The molecular formula is C18H27BrClN. The summed E-state index contributed by atoms with van der Waals surface area (Å²) < 4.78 is 1.06. The van der Waals surface area contributed by atoms with Crippen LogP contribution in [0.4, 0.5) is 0 Å². The highest BCUT2D eigenvalue weighted by molar-refractivity contribution is 9.10. The third-order valence-corrected chi connectivity index (χ3v) is 5.97. The van der Waals surface area contributed by atoms with Crippen molar-refractivity contribution in [2.75, 3.05) is 6.54 Å². The third kappa shape index (κ3) is 4.24. The zero-order chi connectivity index (χ0) is 15.3. The molecule has 3 heteroatoms. The number of hydrogen-bond donors (Lipinski definition) is 1. The van der Waals surface area contributed by atoms with Gasteiger partial charge in [0.05, 0.1) is 0 Å². The van der Waals surface area contributed by atoms with E-state index in [-0.39, 0.29) is 0 Å². The molecule has 1 aliphatic rings. The molecular weight excluding hydrogens is 346 g/mol. The van der Waals surface area contributed by atoms with E-state index in [1.807, 2.05) is 6.07 Å². The number of hydrogen-bond acceptors (Lipinski definition) is 1. The maximum atomic E-state index is 6.45. The summed E-state index contributed by atoms with van der Waals surface area (Å²) in [4.78, 5) is 0. The van der Waals surface area contributed by atoms with Crippen molar-refractivity contribution < 1.29 is 0 Å². The molecule has 21 heavy (non-hydrogen) atoms. The molecule has 0 bridgehead atoms. The number of halogens is 2. The van der Waals surface area contributed by atoms with E-state index in [1.165, 1.54) is 44.1 Å². The monoisotopic (exact) mass is 371 g/mol. The van der Waals surface area contributed by atoms with Crippen molar-refractivity contribution in [1.29, 1.82) is 0 Å². The lowest BCUT2D eigenvalue weighted by Gasteiger charge is -2.38. The second-order valence-corrected chi connectivity index (χ2v) is 7.69. The van der Waals surface area contributed by atoms with E-state index < -0.39 is 0 Å². The summed E-state index contributed by atoms with van der Waals surface area (Å²) in [5.41, 5.74) is 1.74. The molecule has 0 heterocycles. The summed E-state index contributed by atoms with van der Waals surface area (Å²) >= 11 is 9.94. The molecule has 1 aliphatic carbocycles. The Labute approximate surface area is 143 Å². The quantitative estimate of drug-likeness (QED) is 0.620. The maximum Gasteiger partial charge on any atom is 0.0449 e. The van der Waals surface area contributed by atoms with E-state index in [4.69, 9.17) is 11.6 Å². The van der Waals surface area contributed by atoms with Gasteiger partial charge in [-0.05, 0) is 61.8 Å². The van der Waals surface area contributed by atoms with Crippen LogP contribution in [0.1, 0.15) is 57.9 Å². The first-order valence-electron chi connectivity index (χ1n) is 8.28. The summed E-state index contributed by atoms with van der Waals surface area (Å²) in [5.74, 6) is 0. The van der Waals surface area contributed by atoms with Crippen LogP contribution in [-0.4, -0.2) is 12.6 Å². The van der Waals surface area contributed by atoms with Crippen molar-refractivity contribution in [3.8, 4) is 0 Å². The van der Waals surface area contributed by atoms with E-state index in [9.17, 15) is 0 Å². The molecule has 1 aromatic carbocycles. The number of benzene rings is 1. The van der Waals surface area contributed by atoms with Crippen molar-refractivity contribution in [1.82, 2.24) is 5.32 Å². The predicted octanol–water partition coefficient (Wildman–Crippen LogP) is 5.98. The molecule has 0 aromatic heterocycles. The molecule has 0 amide bonds. The molecule has 1 saturated carbocycles. The zero-order valence-corrected chi connectivity index (χ0v) is 15.6. The SMILES string of the molecule is CCCNC(Cc1ccc(Br)cc1Cl)C1(CC)CCCC1. The summed E-state index contributed by atoms with van der Waals surface area (Å²) in [7, 11) is 0. The van der Waals surface area contributed by atoms with Gasteiger partial charge in [0.1, 0.15) is 0 Å². The maximum absolute atomic E-state index is 6.45. The van der Waals surface area contributed by atoms with Gasteiger partial charge in [0, 0.05) is 15.5 Å². The van der Waals surface area contributed by atoms with Crippen LogP contribution in [0.15, 0.2) is 22.7 Å². The molecule has 0 radical (unpaired) electrons. The Morgan fingerprint density at radius 2 is 2.00 bits per heavy atom. The van der Waals surface area contributed by atoms with E-state index in [0.717, 1.165) is 22.5 Å². The molecule has 1 fully saturated rings. The van der Waals surface area contributed by atoms with Gasteiger partial charge in [-0.3, -0.25) is 0 Å². The molecule has 0 spiro atoms. The smallest absolute Gasteiger partial charge is 0.0449 e. The Morgan fingerprint density at radius 1 is 1.29 bits per heavy atom. The van der Waals surface area contributed by atoms with Gasteiger partial charge in [0.2, 0.25) is 0 Å². The second kappa shape index (κ2) is 7.99. The summed E-state index contributed by atoms with van der Waals surface area (Å²) in [6.07, 6.45) is 8.98. The molecule has 1 N–H and O–H groups in total. The highest BCUT2D eigenvalue weighted by Crippen LogP contribution is 2.45. The van der Waals surface area contributed by atoms with Crippen LogP contribution >= 0.6 is 27.5 Å². The number of rotatable bonds is 7. The lowest BCUT2D eigenvalue weighted by atomic mass is 9.74. The van der Waals surface area contributed by atoms with Crippen LogP contribution < -0.4 is 5.32 Å². The van der Waals surface area contributed by atoms with Crippen molar-refractivity contribution in [2.45, 2.75) is 64.8 Å². The topological polar surface area (TPSA) is 12.0 Å². The van der Waals surface area contributed by atoms with Gasteiger partial charge in [0.25, 0.3) is 0 Å². The summed E-state index contributed by atoms with van der Waals surface area (Å²) in [6, 6.07) is 6.83. The standard InChI is InChI=1S/C18H27BrClN/c1-3-11-21-17(18(4-2)9-5-6-10-18)12-14-7-8-15(19)13-16(14)20/h7-8,13,17,21H,3-6,9-12H2,1-2H3. The van der Waals surface area contributed by atoms with Gasteiger partial charge in [-0.1, -0.05) is 60.3 Å². The van der Waals surface area contributed by atoms with Crippen molar-refractivity contribution in [2.24, 2.45) is 5.41 Å². The van der Waals surface area contributed by atoms with Crippen LogP contribution in [0.3, 0.4) is 0 Å². The molecule has 2 rings (SSSR count). The first-order chi connectivity index (χ1) is 10.1. The fraction of sp³-hybridized carbons (Fsp3) is 0.667. The lowest BCUT2D eigenvalue weighted by molar-refractivity contribution is 0.184. The second-order valence-electron chi connectivity index (χ2n) is 6.37. The van der Waals surface area contributed by atoms with E-state index in [1.54, 1.807) is 0 Å². The van der Waals surface area contributed by atoms with Gasteiger partial charge >= 0.3 is 0 Å². The predicted molar refractivity (Wildman–Crippen MR) is 96.1 cm³/mol. The lowest BCUT2D eigenvalue weighted by Crippen LogP contribution is -2.45. The van der Waals surface area contributed by atoms with E-state index in [2.05, 4.69) is 47.2 Å². The highest BCUT2D eigenvalue weighted by atomic mass is 79.9. The molecule has 1 aromatic rings. The highest BCUT2D eigenvalue weighted by Gasteiger charge is 2.39. The van der Waals surface area contributed by atoms with Crippen LogP contribution in [0.25, 0.3) is 0 Å². The molecule has 1 atom stereocenters. The van der Waals surface area contributed by atoms with Gasteiger partial charge in [0.15, 0.2) is 0 Å². The molecule has 118 valence electrons. The normalized spacial score (nSPS) is 18.9. The number of nitrogens with one attached hydrogen (secondary N) is 1. The van der Waals surface area contributed by atoms with Gasteiger partial charge < -0.3 is 5.32 Å².